The predicted octanol–water partition coefficient (Wildman–Crippen LogP) is 3.99. The van der Waals surface area contributed by atoms with Crippen molar-refractivity contribution in [1.82, 2.24) is 14.7 Å². The smallest absolute Gasteiger partial charge is 0.254 e. The summed E-state index contributed by atoms with van der Waals surface area (Å²) in [6, 6.07) is 11.7. The van der Waals surface area contributed by atoms with E-state index >= 15 is 4.39 Å². The Balaban J connectivity index is 1.41. The molecule has 1 saturated carbocycles. The van der Waals surface area contributed by atoms with E-state index < -0.39 is 6.10 Å². The van der Waals surface area contributed by atoms with Gasteiger partial charge in [0.1, 0.15) is 5.82 Å². The Morgan fingerprint density at radius 2 is 1.97 bits per heavy atom. The maximum Gasteiger partial charge on any atom is 0.254 e. The quantitative estimate of drug-likeness (QED) is 0.696. The second-order valence-corrected chi connectivity index (χ2v) is 8.75. The van der Waals surface area contributed by atoms with Crippen LogP contribution in [0.15, 0.2) is 42.6 Å². The lowest BCUT2D eigenvalue weighted by molar-refractivity contribution is 0.0478. The molecule has 0 radical (unpaired) electrons. The van der Waals surface area contributed by atoms with Crippen molar-refractivity contribution in [1.29, 1.82) is 0 Å². The highest BCUT2D eigenvalue weighted by molar-refractivity contribution is 5.99. The average Bonchev–Trinajstić information content (AvgIpc) is 3.46. The highest BCUT2D eigenvalue weighted by Crippen LogP contribution is 2.35. The van der Waals surface area contributed by atoms with E-state index in [4.69, 9.17) is 0 Å². The number of carbonyl (C=O) groups is 1. The molecular weight excluding hydrogens is 393 g/mol. The van der Waals surface area contributed by atoms with Crippen molar-refractivity contribution in [2.24, 2.45) is 7.05 Å². The molecule has 1 fully saturated rings. The SMILES string of the molecule is Cc1c(Cc2ccc(-c3ccn(C)n3)cc2)cc2c(c1F)CN([C@H]1CCC[C@@H]1O)C2=O. The van der Waals surface area contributed by atoms with Gasteiger partial charge in [-0.05, 0) is 61.4 Å². The number of carbonyl (C=O) groups excluding carboxylic acids is 1. The number of aliphatic hydroxyl groups excluding tert-OH is 1. The summed E-state index contributed by atoms with van der Waals surface area (Å²) in [7, 11) is 1.89. The van der Waals surface area contributed by atoms with E-state index in [1.807, 2.05) is 49.6 Å². The Hall–Kier alpha value is -2.99. The number of aromatic nitrogens is 2. The van der Waals surface area contributed by atoms with Crippen LogP contribution in [-0.2, 0) is 20.0 Å². The number of fused-ring (bicyclic) bond motifs is 1. The molecule has 1 aromatic heterocycles. The number of hydrogen-bond donors (Lipinski definition) is 1. The second kappa shape index (κ2) is 7.61. The van der Waals surface area contributed by atoms with Crippen molar-refractivity contribution in [3.63, 3.8) is 0 Å². The zero-order valence-electron chi connectivity index (χ0n) is 17.8. The van der Waals surface area contributed by atoms with Gasteiger partial charge in [0, 0.05) is 29.9 Å². The summed E-state index contributed by atoms with van der Waals surface area (Å²) in [6.07, 6.45) is 4.32. The highest BCUT2D eigenvalue weighted by atomic mass is 19.1. The minimum Gasteiger partial charge on any atom is -0.391 e. The number of benzene rings is 2. The summed E-state index contributed by atoms with van der Waals surface area (Å²) < 4.78 is 17.0. The van der Waals surface area contributed by atoms with Gasteiger partial charge in [-0.25, -0.2) is 4.39 Å². The number of nitrogens with zero attached hydrogens (tertiary/aromatic N) is 3. The maximum absolute atomic E-state index is 15.2. The molecule has 31 heavy (non-hydrogen) atoms. The standard InChI is InChI=1S/C25H26FN3O2/c1-15-18(12-16-6-8-17(9-7-16)21-10-11-28(2)27-21)13-19-20(24(15)26)14-29(25(19)31)22-4-3-5-23(22)30/h6-11,13,22-23,30H,3-5,12,14H2,1-2H3/t22-,23-/m0/s1. The van der Waals surface area contributed by atoms with Crippen LogP contribution in [0.4, 0.5) is 4.39 Å². The first-order valence-electron chi connectivity index (χ1n) is 10.8. The van der Waals surface area contributed by atoms with E-state index in [0.717, 1.165) is 35.2 Å². The number of hydrogen-bond acceptors (Lipinski definition) is 3. The fraction of sp³-hybridized carbons (Fsp3) is 0.360. The zero-order chi connectivity index (χ0) is 21.7. The van der Waals surface area contributed by atoms with Gasteiger partial charge < -0.3 is 10.0 Å². The largest absolute Gasteiger partial charge is 0.391 e. The molecule has 2 aliphatic rings. The molecule has 0 bridgehead atoms. The third kappa shape index (κ3) is 3.45. The maximum atomic E-state index is 15.2. The van der Waals surface area contributed by atoms with Gasteiger partial charge in [0.2, 0.25) is 0 Å². The number of aliphatic hydroxyl groups is 1. The Labute approximate surface area is 181 Å². The minimum absolute atomic E-state index is 0.161. The Morgan fingerprint density at radius 1 is 1.19 bits per heavy atom. The number of halogens is 1. The van der Waals surface area contributed by atoms with E-state index in [1.54, 1.807) is 16.5 Å². The molecule has 5 rings (SSSR count). The highest BCUT2D eigenvalue weighted by Gasteiger charge is 2.40. The first-order valence-corrected chi connectivity index (χ1v) is 10.8. The van der Waals surface area contributed by atoms with E-state index in [9.17, 15) is 9.90 Å². The normalized spacial score (nSPS) is 20.5. The molecule has 2 atom stereocenters. The van der Waals surface area contributed by atoms with Crippen LogP contribution >= 0.6 is 0 Å². The molecule has 1 N–H and O–H groups in total. The lowest BCUT2D eigenvalue weighted by Gasteiger charge is -2.26. The Kier molecular flexibility index (Phi) is 4.89. The molecule has 0 unspecified atom stereocenters. The molecule has 2 heterocycles. The predicted molar refractivity (Wildman–Crippen MR) is 116 cm³/mol. The molecule has 160 valence electrons. The molecule has 1 aliphatic heterocycles. The molecule has 5 nitrogen and oxygen atoms in total. The van der Waals surface area contributed by atoms with Crippen LogP contribution in [0.3, 0.4) is 0 Å². The van der Waals surface area contributed by atoms with Crippen LogP contribution in [-0.4, -0.2) is 37.8 Å². The lowest BCUT2D eigenvalue weighted by Crippen LogP contribution is -2.40. The molecule has 3 aromatic rings. The molecule has 0 saturated heterocycles. The summed E-state index contributed by atoms with van der Waals surface area (Å²) in [5, 5.41) is 14.7. The molecule has 2 aromatic carbocycles. The topological polar surface area (TPSA) is 58.4 Å². The third-order valence-electron chi connectivity index (χ3n) is 6.74. The fourth-order valence-electron chi connectivity index (χ4n) is 4.92. The molecule has 6 heteroatoms. The van der Waals surface area contributed by atoms with Gasteiger partial charge in [0.15, 0.2) is 0 Å². The van der Waals surface area contributed by atoms with Gasteiger partial charge in [0.25, 0.3) is 5.91 Å². The van der Waals surface area contributed by atoms with Gasteiger partial charge in [-0.15, -0.1) is 0 Å². The number of amides is 1. The van der Waals surface area contributed by atoms with E-state index in [0.29, 0.717) is 29.5 Å². The van der Waals surface area contributed by atoms with Crippen LogP contribution in [0.1, 0.15) is 51.9 Å². The van der Waals surface area contributed by atoms with Crippen LogP contribution in [0.5, 0.6) is 0 Å². The Bertz CT molecular complexity index is 1150. The van der Waals surface area contributed by atoms with Crippen molar-refractivity contribution >= 4 is 5.91 Å². The zero-order valence-corrected chi connectivity index (χ0v) is 17.8. The molecule has 1 aliphatic carbocycles. The van der Waals surface area contributed by atoms with Crippen LogP contribution < -0.4 is 0 Å². The Morgan fingerprint density at radius 3 is 2.61 bits per heavy atom. The third-order valence-corrected chi connectivity index (χ3v) is 6.74. The molecule has 1 amide bonds. The average molecular weight is 420 g/mol. The first kappa shape index (κ1) is 19.9. The van der Waals surface area contributed by atoms with Gasteiger partial charge in [-0.3, -0.25) is 9.48 Å². The van der Waals surface area contributed by atoms with Gasteiger partial charge >= 0.3 is 0 Å². The van der Waals surface area contributed by atoms with Gasteiger partial charge in [-0.2, -0.15) is 5.10 Å². The number of aryl methyl sites for hydroxylation is 1. The van der Waals surface area contributed by atoms with E-state index in [1.165, 1.54) is 0 Å². The van der Waals surface area contributed by atoms with Crippen LogP contribution in [0.2, 0.25) is 0 Å². The van der Waals surface area contributed by atoms with Crippen LogP contribution in [0.25, 0.3) is 11.3 Å². The van der Waals surface area contributed by atoms with E-state index in [2.05, 4.69) is 5.10 Å². The van der Waals surface area contributed by atoms with Gasteiger partial charge in [-0.1, -0.05) is 24.3 Å². The van der Waals surface area contributed by atoms with Crippen molar-refractivity contribution in [3.8, 4) is 11.3 Å². The molecule has 0 spiro atoms. The monoisotopic (exact) mass is 419 g/mol. The van der Waals surface area contributed by atoms with Gasteiger partial charge in [0.05, 0.1) is 24.4 Å². The van der Waals surface area contributed by atoms with E-state index in [-0.39, 0.29) is 24.3 Å². The second-order valence-electron chi connectivity index (χ2n) is 8.75. The first-order chi connectivity index (χ1) is 14.9. The fourth-order valence-corrected chi connectivity index (χ4v) is 4.92. The summed E-state index contributed by atoms with van der Waals surface area (Å²) in [5.41, 5.74) is 5.32. The summed E-state index contributed by atoms with van der Waals surface area (Å²) in [6.45, 7) is 2.03. The van der Waals surface area contributed by atoms with Crippen LogP contribution in [0, 0.1) is 12.7 Å². The van der Waals surface area contributed by atoms with Crippen molar-refractivity contribution in [2.45, 2.75) is 51.3 Å². The van der Waals surface area contributed by atoms with Crippen molar-refractivity contribution < 1.29 is 14.3 Å². The summed E-state index contributed by atoms with van der Waals surface area (Å²) >= 11 is 0. The minimum atomic E-state index is -0.514. The number of rotatable bonds is 4. The summed E-state index contributed by atoms with van der Waals surface area (Å²) in [4.78, 5) is 14.7. The molecular formula is C25H26FN3O2. The lowest BCUT2D eigenvalue weighted by atomic mass is 9.94. The van der Waals surface area contributed by atoms with Crippen molar-refractivity contribution in [2.75, 3.05) is 0 Å². The van der Waals surface area contributed by atoms with Crippen molar-refractivity contribution in [3.05, 3.63) is 76.2 Å². The summed E-state index contributed by atoms with van der Waals surface area (Å²) in [5.74, 6) is -0.451.